The highest BCUT2D eigenvalue weighted by molar-refractivity contribution is 7.89. The molecule has 0 radical (unpaired) electrons. The highest BCUT2D eigenvalue weighted by Gasteiger charge is 2.33. The second kappa shape index (κ2) is 8.62. The normalized spacial score (nSPS) is 17.8. The molecular formula is C18H22FN3O4S. The lowest BCUT2D eigenvalue weighted by Crippen LogP contribution is -2.34. The van der Waals surface area contributed by atoms with E-state index in [4.69, 9.17) is 9.47 Å². The molecule has 1 unspecified atom stereocenters. The van der Waals surface area contributed by atoms with Gasteiger partial charge < -0.3 is 9.47 Å². The third kappa shape index (κ3) is 4.92. The van der Waals surface area contributed by atoms with Crippen LogP contribution in [-0.2, 0) is 16.4 Å². The summed E-state index contributed by atoms with van der Waals surface area (Å²) >= 11 is 0. The van der Waals surface area contributed by atoms with Crippen molar-refractivity contribution in [1.82, 2.24) is 14.3 Å². The first-order chi connectivity index (χ1) is 13.0. The zero-order valence-corrected chi connectivity index (χ0v) is 15.9. The molecule has 9 heteroatoms. The molecule has 7 nitrogen and oxygen atoms in total. The fourth-order valence-electron chi connectivity index (χ4n) is 2.83. The number of rotatable bonds is 8. The molecule has 2 heterocycles. The Morgan fingerprint density at radius 1 is 1.26 bits per heavy atom. The number of sulfonamides is 1. The van der Waals surface area contributed by atoms with Gasteiger partial charge in [0.25, 0.3) is 5.88 Å². The van der Waals surface area contributed by atoms with Crippen LogP contribution in [0.5, 0.6) is 11.6 Å². The Hall–Kier alpha value is -2.26. The van der Waals surface area contributed by atoms with Crippen molar-refractivity contribution in [3.63, 3.8) is 0 Å². The average Bonchev–Trinajstić information content (AvgIpc) is 3.14. The van der Waals surface area contributed by atoms with Crippen molar-refractivity contribution in [1.29, 1.82) is 0 Å². The largest absolute Gasteiger partial charge is 0.492 e. The molecule has 2 aromatic rings. The Bertz CT molecular complexity index is 864. The van der Waals surface area contributed by atoms with Crippen LogP contribution in [0, 0.1) is 5.82 Å². The van der Waals surface area contributed by atoms with Gasteiger partial charge in [-0.05, 0) is 25.0 Å². The average molecular weight is 395 g/mol. The number of aryl methyl sites for hydroxylation is 1. The molecule has 3 rings (SSSR count). The van der Waals surface area contributed by atoms with Gasteiger partial charge in [0.05, 0.1) is 18.0 Å². The zero-order valence-electron chi connectivity index (χ0n) is 15.0. The smallest absolute Gasteiger partial charge is 0.254 e. The van der Waals surface area contributed by atoms with Crippen LogP contribution >= 0.6 is 0 Å². The Labute approximate surface area is 158 Å². The van der Waals surface area contributed by atoms with E-state index in [1.54, 1.807) is 19.1 Å². The van der Waals surface area contributed by atoms with E-state index in [2.05, 4.69) is 9.97 Å². The van der Waals surface area contributed by atoms with Crippen LogP contribution in [0.25, 0.3) is 0 Å². The molecule has 0 spiro atoms. The van der Waals surface area contributed by atoms with Gasteiger partial charge >= 0.3 is 0 Å². The molecule has 0 amide bonds. The second-order valence-electron chi connectivity index (χ2n) is 6.16. The lowest BCUT2D eigenvalue weighted by atomic mass is 10.3. The Morgan fingerprint density at radius 3 is 2.78 bits per heavy atom. The summed E-state index contributed by atoms with van der Waals surface area (Å²) < 4.78 is 51.5. The highest BCUT2D eigenvalue weighted by atomic mass is 32.2. The molecule has 146 valence electrons. The van der Waals surface area contributed by atoms with Crippen LogP contribution < -0.4 is 9.47 Å². The monoisotopic (exact) mass is 395 g/mol. The number of aromatic nitrogens is 2. The second-order valence-corrected chi connectivity index (χ2v) is 8.25. The van der Waals surface area contributed by atoms with Crippen molar-refractivity contribution in [3.05, 3.63) is 48.2 Å². The summed E-state index contributed by atoms with van der Waals surface area (Å²) in [5, 5.41) is 0. The maximum absolute atomic E-state index is 14.2. The molecule has 1 aromatic heterocycles. The molecule has 0 N–H and O–H groups in total. The van der Waals surface area contributed by atoms with Gasteiger partial charge in [-0.1, -0.05) is 25.1 Å². The molecule has 1 saturated heterocycles. The molecule has 0 bridgehead atoms. The standard InChI is InChI=1S/C18H22FN3O4S/c1-2-16-17(19)18(21-13-20-16)26-15-8-9-22(12-15)27(23,24)11-10-25-14-6-4-3-5-7-14/h3-7,13,15H,2,8-12H2,1H3. The summed E-state index contributed by atoms with van der Waals surface area (Å²) in [6.45, 7) is 2.34. The zero-order chi connectivity index (χ0) is 19.3. The molecule has 1 atom stereocenters. The Balaban J connectivity index is 1.53. The summed E-state index contributed by atoms with van der Waals surface area (Å²) in [6.07, 6.45) is 1.71. The van der Waals surface area contributed by atoms with Gasteiger partial charge in [-0.15, -0.1) is 0 Å². The summed E-state index contributed by atoms with van der Waals surface area (Å²) in [6, 6.07) is 9.04. The molecule has 1 aromatic carbocycles. The van der Waals surface area contributed by atoms with E-state index in [0.717, 1.165) is 0 Å². The lowest BCUT2D eigenvalue weighted by molar-refractivity contribution is 0.195. The topological polar surface area (TPSA) is 81.6 Å². The summed E-state index contributed by atoms with van der Waals surface area (Å²) in [5.41, 5.74) is 0.278. The number of hydrogen-bond acceptors (Lipinski definition) is 6. The lowest BCUT2D eigenvalue weighted by Gasteiger charge is -2.17. The SMILES string of the molecule is CCc1ncnc(OC2CCN(S(=O)(=O)CCOc3ccccc3)C2)c1F. The van der Waals surface area contributed by atoms with E-state index in [0.29, 0.717) is 25.1 Å². The number of para-hydroxylation sites is 1. The van der Waals surface area contributed by atoms with Crippen LogP contribution in [0.3, 0.4) is 0 Å². The van der Waals surface area contributed by atoms with Crippen molar-refractivity contribution in [2.45, 2.75) is 25.9 Å². The molecule has 1 aliphatic rings. The van der Waals surface area contributed by atoms with Crippen molar-refractivity contribution in [2.75, 3.05) is 25.4 Å². The molecule has 27 heavy (non-hydrogen) atoms. The van der Waals surface area contributed by atoms with Gasteiger partial charge in [0.2, 0.25) is 15.8 Å². The van der Waals surface area contributed by atoms with Crippen LogP contribution in [0.15, 0.2) is 36.7 Å². The van der Waals surface area contributed by atoms with Crippen LogP contribution in [-0.4, -0.2) is 54.2 Å². The van der Waals surface area contributed by atoms with Gasteiger partial charge in [0.15, 0.2) is 0 Å². The summed E-state index contributed by atoms with van der Waals surface area (Å²) in [5.74, 6) is -0.214. The van der Waals surface area contributed by atoms with E-state index < -0.39 is 21.9 Å². The first kappa shape index (κ1) is 19.5. The van der Waals surface area contributed by atoms with E-state index in [9.17, 15) is 12.8 Å². The van der Waals surface area contributed by atoms with Crippen molar-refractivity contribution in [2.24, 2.45) is 0 Å². The third-order valence-electron chi connectivity index (χ3n) is 4.30. The van der Waals surface area contributed by atoms with Crippen molar-refractivity contribution >= 4 is 10.0 Å². The van der Waals surface area contributed by atoms with Gasteiger partial charge in [-0.2, -0.15) is 13.7 Å². The minimum Gasteiger partial charge on any atom is -0.492 e. The summed E-state index contributed by atoms with van der Waals surface area (Å²) in [7, 11) is -3.48. The first-order valence-corrected chi connectivity index (χ1v) is 10.4. The number of nitrogens with zero attached hydrogens (tertiary/aromatic N) is 3. The van der Waals surface area contributed by atoms with E-state index >= 15 is 0 Å². The highest BCUT2D eigenvalue weighted by Crippen LogP contribution is 2.22. The predicted octanol–water partition coefficient (Wildman–Crippen LogP) is 2.04. The van der Waals surface area contributed by atoms with Gasteiger partial charge in [0, 0.05) is 6.54 Å². The maximum atomic E-state index is 14.2. The minimum absolute atomic E-state index is 0.0643. The van der Waals surface area contributed by atoms with Crippen molar-refractivity contribution < 1.29 is 22.3 Å². The Morgan fingerprint density at radius 2 is 2.04 bits per heavy atom. The van der Waals surface area contributed by atoms with Gasteiger partial charge in [-0.3, -0.25) is 0 Å². The number of benzene rings is 1. The van der Waals surface area contributed by atoms with Crippen LogP contribution in [0.2, 0.25) is 0 Å². The Kier molecular flexibility index (Phi) is 6.22. The molecule has 1 fully saturated rings. The molecule has 0 saturated carbocycles. The quantitative estimate of drug-likeness (QED) is 0.680. The van der Waals surface area contributed by atoms with Crippen LogP contribution in [0.4, 0.5) is 4.39 Å². The molecule has 0 aliphatic carbocycles. The van der Waals surface area contributed by atoms with E-state index in [1.807, 2.05) is 18.2 Å². The maximum Gasteiger partial charge on any atom is 0.254 e. The fourth-order valence-corrected chi connectivity index (χ4v) is 4.16. The number of hydrogen-bond donors (Lipinski definition) is 0. The summed E-state index contributed by atoms with van der Waals surface area (Å²) in [4.78, 5) is 7.68. The molecule has 1 aliphatic heterocycles. The van der Waals surface area contributed by atoms with E-state index in [1.165, 1.54) is 10.6 Å². The number of halogens is 1. The minimum atomic E-state index is -3.48. The van der Waals surface area contributed by atoms with E-state index in [-0.39, 0.29) is 30.5 Å². The van der Waals surface area contributed by atoms with Gasteiger partial charge in [-0.25, -0.2) is 13.4 Å². The first-order valence-electron chi connectivity index (χ1n) is 8.81. The predicted molar refractivity (Wildman–Crippen MR) is 97.7 cm³/mol. The third-order valence-corrected chi connectivity index (χ3v) is 6.10. The van der Waals surface area contributed by atoms with Gasteiger partial charge in [0.1, 0.15) is 24.8 Å². The fraction of sp³-hybridized carbons (Fsp3) is 0.444. The van der Waals surface area contributed by atoms with Crippen molar-refractivity contribution in [3.8, 4) is 11.6 Å². The van der Waals surface area contributed by atoms with Crippen LogP contribution in [0.1, 0.15) is 19.0 Å². The molecular weight excluding hydrogens is 373 g/mol. The number of ether oxygens (including phenoxy) is 2.